The molecule has 0 aliphatic carbocycles. The molecule has 0 saturated carbocycles. The Hall–Kier alpha value is -3.68. The van der Waals surface area contributed by atoms with Crippen LogP contribution in [0.25, 0.3) is 10.9 Å². The third-order valence-electron chi connectivity index (χ3n) is 6.07. The van der Waals surface area contributed by atoms with Crippen LogP contribution in [-0.4, -0.2) is 34.6 Å². The molecule has 2 aromatic carbocycles. The Morgan fingerprint density at radius 2 is 1.88 bits per heavy atom. The summed E-state index contributed by atoms with van der Waals surface area (Å²) in [6.45, 7) is 4.07. The topological polar surface area (TPSA) is 99.5 Å². The van der Waals surface area contributed by atoms with Crippen molar-refractivity contribution in [3.8, 4) is 5.75 Å². The Labute approximate surface area is 197 Å². The van der Waals surface area contributed by atoms with E-state index in [-0.39, 0.29) is 11.1 Å². The van der Waals surface area contributed by atoms with Crippen LogP contribution in [0.15, 0.2) is 41.2 Å². The largest absolute Gasteiger partial charge is 0.495 e. The number of aromatic nitrogens is 2. The first-order chi connectivity index (χ1) is 16.4. The number of benzene rings is 2. The van der Waals surface area contributed by atoms with Gasteiger partial charge in [-0.05, 0) is 62.6 Å². The van der Waals surface area contributed by atoms with Crippen LogP contribution in [0, 0.1) is 6.92 Å². The molecule has 8 heteroatoms. The quantitative estimate of drug-likeness (QED) is 0.574. The lowest BCUT2D eigenvalue weighted by atomic mass is 10.1. The second-order valence-electron chi connectivity index (χ2n) is 8.62. The summed E-state index contributed by atoms with van der Waals surface area (Å²) in [5, 5.41) is 3.21. The highest BCUT2D eigenvalue weighted by atomic mass is 16.5. The number of ether oxygens (including phenoxy) is 2. The fourth-order valence-corrected chi connectivity index (χ4v) is 4.16. The highest BCUT2D eigenvalue weighted by molar-refractivity contribution is 5.99. The Kier molecular flexibility index (Phi) is 6.95. The number of amides is 1. The van der Waals surface area contributed by atoms with Crippen LogP contribution >= 0.6 is 0 Å². The molecule has 0 fully saturated rings. The standard InChI is InChI=1S/C26H29N3O5/c1-16-9-12-22(33-3)21(14-16)28-24(30)17(2)34-26(32)18-10-11-19-20(15-18)27-23-8-6-4-5-7-13-29(23)25(19)31/h9-12,14-15,17H,4-8,13H2,1-3H3,(H,28,30). The van der Waals surface area contributed by atoms with Gasteiger partial charge in [-0.3, -0.25) is 14.2 Å². The van der Waals surface area contributed by atoms with E-state index in [2.05, 4.69) is 10.3 Å². The van der Waals surface area contributed by atoms with E-state index >= 15 is 0 Å². The van der Waals surface area contributed by atoms with Gasteiger partial charge in [0.1, 0.15) is 11.6 Å². The summed E-state index contributed by atoms with van der Waals surface area (Å²) in [5.41, 5.74) is 2.08. The minimum absolute atomic E-state index is 0.0818. The number of rotatable bonds is 5. The summed E-state index contributed by atoms with van der Waals surface area (Å²) < 4.78 is 12.4. The summed E-state index contributed by atoms with van der Waals surface area (Å²) in [4.78, 5) is 43.1. The molecule has 3 aromatic rings. The van der Waals surface area contributed by atoms with E-state index in [1.54, 1.807) is 28.8 Å². The number of fused-ring (bicyclic) bond motifs is 2. The third kappa shape index (κ3) is 4.95. The van der Waals surface area contributed by atoms with Gasteiger partial charge in [-0.15, -0.1) is 0 Å². The average Bonchev–Trinajstić information content (AvgIpc) is 2.80. The molecule has 0 saturated heterocycles. The number of carbonyl (C=O) groups excluding carboxylic acids is 2. The maximum atomic E-state index is 13.0. The molecule has 0 bridgehead atoms. The van der Waals surface area contributed by atoms with E-state index < -0.39 is 18.0 Å². The molecule has 0 spiro atoms. The first-order valence-corrected chi connectivity index (χ1v) is 11.6. The van der Waals surface area contributed by atoms with Gasteiger partial charge in [0, 0.05) is 13.0 Å². The van der Waals surface area contributed by atoms with Crippen molar-refractivity contribution in [2.24, 2.45) is 0 Å². The van der Waals surface area contributed by atoms with Gasteiger partial charge in [-0.25, -0.2) is 9.78 Å². The SMILES string of the molecule is COc1ccc(C)cc1NC(=O)C(C)OC(=O)c1ccc2c(=O)n3c(nc2c1)CCCCCC3. The zero-order valence-electron chi connectivity index (χ0n) is 19.7. The number of aryl methyl sites for hydroxylation is 2. The van der Waals surface area contributed by atoms with Gasteiger partial charge in [-0.2, -0.15) is 0 Å². The molecule has 34 heavy (non-hydrogen) atoms. The van der Waals surface area contributed by atoms with E-state index in [0.717, 1.165) is 43.5 Å². The number of nitrogens with zero attached hydrogens (tertiary/aromatic N) is 2. The van der Waals surface area contributed by atoms with Crippen LogP contribution in [0.4, 0.5) is 5.69 Å². The molecule has 1 atom stereocenters. The third-order valence-corrected chi connectivity index (χ3v) is 6.07. The maximum absolute atomic E-state index is 13.0. The van der Waals surface area contributed by atoms with Crippen molar-refractivity contribution in [1.29, 1.82) is 0 Å². The monoisotopic (exact) mass is 463 g/mol. The van der Waals surface area contributed by atoms with Crippen LogP contribution in [0.2, 0.25) is 0 Å². The predicted molar refractivity (Wildman–Crippen MR) is 129 cm³/mol. The zero-order valence-corrected chi connectivity index (χ0v) is 19.7. The Balaban J connectivity index is 1.52. The molecule has 0 radical (unpaired) electrons. The van der Waals surface area contributed by atoms with Crippen LogP contribution in [0.5, 0.6) is 5.75 Å². The minimum atomic E-state index is -1.04. The van der Waals surface area contributed by atoms with Crippen molar-refractivity contribution in [3.05, 3.63) is 63.7 Å². The number of esters is 1. The first kappa shape index (κ1) is 23.5. The smallest absolute Gasteiger partial charge is 0.338 e. The molecule has 8 nitrogen and oxygen atoms in total. The number of hydrogen-bond acceptors (Lipinski definition) is 6. The lowest BCUT2D eigenvalue weighted by molar-refractivity contribution is -0.123. The van der Waals surface area contributed by atoms with Gasteiger partial charge in [0.2, 0.25) is 0 Å². The van der Waals surface area contributed by atoms with Gasteiger partial charge in [-0.1, -0.05) is 18.9 Å². The van der Waals surface area contributed by atoms with Gasteiger partial charge in [0.15, 0.2) is 6.10 Å². The zero-order chi connectivity index (χ0) is 24.2. The number of hydrogen-bond donors (Lipinski definition) is 1. The molecule has 1 aromatic heterocycles. The van der Waals surface area contributed by atoms with E-state index in [9.17, 15) is 14.4 Å². The Morgan fingerprint density at radius 3 is 2.68 bits per heavy atom. The normalized spacial score (nSPS) is 14.4. The molecule has 2 heterocycles. The lowest BCUT2D eigenvalue weighted by Crippen LogP contribution is -2.30. The van der Waals surface area contributed by atoms with Gasteiger partial charge < -0.3 is 14.8 Å². The fourth-order valence-electron chi connectivity index (χ4n) is 4.16. The Morgan fingerprint density at radius 1 is 1.09 bits per heavy atom. The molecule has 1 N–H and O–H groups in total. The molecule has 1 unspecified atom stereocenters. The van der Waals surface area contributed by atoms with Crippen molar-refractivity contribution in [1.82, 2.24) is 9.55 Å². The van der Waals surface area contributed by atoms with Crippen molar-refractivity contribution in [3.63, 3.8) is 0 Å². The summed E-state index contributed by atoms with van der Waals surface area (Å²) in [5.74, 6) is 0.131. The average molecular weight is 464 g/mol. The molecule has 4 rings (SSSR count). The van der Waals surface area contributed by atoms with E-state index in [4.69, 9.17) is 9.47 Å². The van der Waals surface area contributed by atoms with Crippen LogP contribution < -0.4 is 15.6 Å². The van der Waals surface area contributed by atoms with Crippen LogP contribution in [0.1, 0.15) is 54.4 Å². The molecule has 1 aliphatic heterocycles. The summed E-state index contributed by atoms with van der Waals surface area (Å²) in [6, 6.07) is 10.1. The number of anilines is 1. The molecule has 1 aliphatic rings. The molecular weight excluding hydrogens is 434 g/mol. The predicted octanol–water partition coefficient (Wildman–Crippen LogP) is 4.01. The number of methoxy groups -OCH3 is 1. The number of nitrogens with one attached hydrogen (secondary N) is 1. The minimum Gasteiger partial charge on any atom is -0.495 e. The second kappa shape index (κ2) is 10.1. The van der Waals surface area contributed by atoms with Gasteiger partial charge in [0.05, 0.1) is 29.3 Å². The van der Waals surface area contributed by atoms with Crippen molar-refractivity contribution in [2.75, 3.05) is 12.4 Å². The maximum Gasteiger partial charge on any atom is 0.338 e. The molecule has 1 amide bonds. The van der Waals surface area contributed by atoms with Crippen LogP contribution in [-0.2, 0) is 22.5 Å². The van der Waals surface area contributed by atoms with E-state index in [1.807, 2.05) is 13.0 Å². The molecule has 178 valence electrons. The van der Waals surface area contributed by atoms with Gasteiger partial charge >= 0.3 is 5.97 Å². The second-order valence-corrected chi connectivity index (χ2v) is 8.62. The van der Waals surface area contributed by atoms with E-state index in [0.29, 0.717) is 28.9 Å². The van der Waals surface area contributed by atoms with E-state index in [1.165, 1.54) is 20.1 Å². The lowest BCUT2D eigenvalue weighted by Gasteiger charge is -2.17. The highest BCUT2D eigenvalue weighted by Gasteiger charge is 2.21. The van der Waals surface area contributed by atoms with Crippen molar-refractivity contribution in [2.45, 2.75) is 58.6 Å². The molecular formula is C26H29N3O5. The summed E-state index contributed by atoms with van der Waals surface area (Å²) in [6.07, 6.45) is 3.87. The first-order valence-electron chi connectivity index (χ1n) is 11.6. The number of carbonyl (C=O) groups is 2. The van der Waals surface area contributed by atoms with Crippen LogP contribution in [0.3, 0.4) is 0 Å². The van der Waals surface area contributed by atoms with Crippen molar-refractivity contribution >= 4 is 28.5 Å². The summed E-state index contributed by atoms with van der Waals surface area (Å²) >= 11 is 0. The summed E-state index contributed by atoms with van der Waals surface area (Å²) in [7, 11) is 1.52. The Bertz CT molecular complexity index is 1300. The van der Waals surface area contributed by atoms with Crippen molar-refractivity contribution < 1.29 is 19.1 Å². The fraction of sp³-hybridized carbons (Fsp3) is 0.385. The van der Waals surface area contributed by atoms with Gasteiger partial charge in [0.25, 0.3) is 11.5 Å². The highest BCUT2D eigenvalue weighted by Crippen LogP contribution is 2.25.